The molecule has 4 rings (SSSR count). The molecule has 0 saturated carbocycles. The predicted octanol–water partition coefficient (Wildman–Crippen LogP) is 3.13. The van der Waals surface area contributed by atoms with Crippen LogP contribution in [-0.2, 0) is 17.6 Å². The van der Waals surface area contributed by atoms with Gasteiger partial charge in [-0.05, 0) is 43.9 Å². The number of carboxylic acids is 1. The summed E-state index contributed by atoms with van der Waals surface area (Å²) in [6, 6.07) is 3.02. The zero-order chi connectivity index (χ0) is 16.7. The molecule has 0 saturated heterocycles. The van der Waals surface area contributed by atoms with Crippen LogP contribution >= 0.6 is 11.3 Å². The maximum atomic E-state index is 11.3. The van der Waals surface area contributed by atoms with Crippen LogP contribution in [0.5, 0.6) is 0 Å². The van der Waals surface area contributed by atoms with Crippen molar-refractivity contribution in [3.8, 4) is 11.4 Å². The zero-order valence-electron chi connectivity index (χ0n) is 13.1. The summed E-state index contributed by atoms with van der Waals surface area (Å²) in [5.74, 6) is 0.264. The summed E-state index contributed by atoms with van der Waals surface area (Å²) in [7, 11) is 0. The number of carbonyl (C=O) groups is 1. The summed E-state index contributed by atoms with van der Waals surface area (Å²) in [6.07, 6.45) is 6.61. The average Bonchev–Trinajstić information content (AvgIpc) is 3.15. The molecule has 122 valence electrons. The Labute approximate surface area is 142 Å². The van der Waals surface area contributed by atoms with Gasteiger partial charge in [0.2, 0.25) is 0 Å². The number of pyridine rings is 1. The van der Waals surface area contributed by atoms with Gasteiger partial charge < -0.3 is 10.4 Å². The molecule has 0 fully saturated rings. The molecule has 3 aromatic rings. The van der Waals surface area contributed by atoms with E-state index >= 15 is 0 Å². The second kappa shape index (κ2) is 5.83. The Kier molecular flexibility index (Phi) is 3.65. The molecule has 0 spiro atoms. The first-order valence-corrected chi connectivity index (χ1v) is 8.67. The van der Waals surface area contributed by atoms with Crippen molar-refractivity contribution >= 4 is 33.3 Å². The molecule has 3 heterocycles. The van der Waals surface area contributed by atoms with Gasteiger partial charge in [-0.15, -0.1) is 11.3 Å². The van der Waals surface area contributed by atoms with Crippen LogP contribution in [0.3, 0.4) is 0 Å². The van der Waals surface area contributed by atoms with E-state index in [4.69, 9.17) is 4.98 Å². The van der Waals surface area contributed by atoms with Gasteiger partial charge in [-0.3, -0.25) is 9.78 Å². The monoisotopic (exact) mass is 340 g/mol. The van der Waals surface area contributed by atoms with Crippen molar-refractivity contribution in [3.63, 3.8) is 0 Å². The van der Waals surface area contributed by atoms with Crippen molar-refractivity contribution in [1.29, 1.82) is 0 Å². The Morgan fingerprint density at radius 2 is 2.25 bits per heavy atom. The quantitative estimate of drug-likeness (QED) is 0.759. The van der Waals surface area contributed by atoms with Crippen LogP contribution in [0.4, 0.5) is 5.82 Å². The number of fused-ring (bicyclic) bond motifs is 3. The molecule has 0 bridgehead atoms. The third-order valence-corrected chi connectivity index (χ3v) is 5.39. The first-order valence-electron chi connectivity index (χ1n) is 7.85. The highest BCUT2D eigenvalue weighted by atomic mass is 32.1. The number of thiophene rings is 1. The van der Waals surface area contributed by atoms with E-state index in [9.17, 15) is 9.90 Å². The molecule has 0 aliphatic heterocycles. The highest BCUT2D eigenvalue weighted by Crippen LogP contribution is 2.40. The van der Waals surface area contributed by atoms with Gasteiger partial charge in [0.1, 0.15) is 16.7 Å². The van der Waals surface area contributed by atoms with Crippen LogP contribution in [-0.4, -0.2) is 32.1 Å². The van der Waals surface area contributed by atoms with Crippen LogP contribution in [0.2, 0.25) is 0 Å². The molecule has 6 nitrogen and oxygen atoms in total. The van der Waals surface area contributed by atoms with Crippen LogP contribution in [0, 0.1) is 0 Å². The topological polar surface area (TPSA) is 88.0 Å². The highest BCUT2D eigenvalue weighted by Gasteiger charge is 2.24. The van der Waals surface area contributed by atoms with Gasteiger partial charge in [0.25, 0.3) is 0 Å². The number of hydrogen-bond acceptors (Lipinski definition) is 6. The molecule has 3 aromatic heterocycles. The molecule has 0 aromatic carbocycles. The fourth-order valence-electron chi connectivity index (χ4n) is 2.99. The first-order chi connectivity index (χ1) is 11.6. The van der Waals surface area contributed by atoms with Gasteiger partial charge in [-0.1, -0.05) is 0 Å². The largest absolute Gasteiger partial charge is 0.480 e. The Hall–Kier alpha value is -2.54. The van der Waals surface area contributed by atoms with Crippen molar-refractivity contribution in [2.45, 2.75) is 32.2 Å². The maximum absolute atomic E-state index is 11.3. The third kappa shape index (κ3) is 2.50. The first kappa shape index (κ1) is 15.0. The second-order valence-electron chi connectivity index (χ2n) is 5.88. The molecule has 1 aliphatic rings. The van der Waals surface area contributed by atoms with Gasteiger partial charge in [-0.25, -0.2) is 9.97 Å². The van der Waals surface area contributed by atoms with Crippen molar-refractivity contribution in [3.05, 3.63) is 35.0 Å². The Morgan fingerprint density at radius 3 is 3.00 bits per heavy atom. The molecular weight excluding hydrogens is 324 g/mol. The lowest BCUT2D eigenvalue weighted by molar-refractivity contribution is -0.137. The van der Waals surface area contributed by atoms with E-state index in [-0.39, 0.29) is 0 Å². The normalized spacial score (nSPS) is 14.5. The Balaban J connectivity index is 1.90. The van der Waals surface area contributed by atoms with Gasteiger partial charge in [-0.2, -0.15) is 0 Å². The lowest BCUT2D eigenvalue weighted by Crippen LogP contribution is -2.26. The number of aryl methyl sites for hydroxylation is 2. The fourth-order valence-corrected chi connectivity index (χ4v) is 4.25. The molecule has 7 heteroatoms. The minimum atomic E-state index is -0.906. The van der Waals surface area contributed by atoms with Gasteiger partial charge in [0.05, 0.1) is 5.39 Å². The molecule has 1 atom stereocenters. The van der Waals surface area contributed by atoms with Crippen molar-refractivity contribution in [2.24, 2.45) is 0 Å². The van der Waals surface area contributed by atoms with Gasteiger partial charge >= 0.3 is 5.97 Å². The minimum absolute atomic E-state index is 0.565. The number of nitrogens with one attached hydrogen (secondary N) is 1. The molecule has 0 amide bonds. The van der Waals surface area contributed by atoms with Gasteiger partial charge in [0, 0.05) is 22.8 Å². The molecule has 0 radical (unpaired) electrons. The summed E-state index contributed by atoms with van der Waals surface area (Å²) in [4.78, 5) is 27.0. The van der Waals surface area contributed by atoms with E-state index in [0.29, 0.717) is 11.6 Å². The SMILES string of the molecule is C[C@H](Nc1nc(-c2cccnc2)nc2sc3c(c12)CCC3)C(=O)O. The van der Waals surface area contributed by atoms with Crippen LogP contribution < -0.4 is 5.32 Å². The molecule has 24 heavy (non-hydrogen) atoms. The number of hydrogen-bond donors (Lipinski definition) is 2. The summed E-state index contributed by atoms with van der Waals surface area (Å²) in [5.41, 5.74) is 2.09. The van der Waals surface area contributed by atoms with Crippen molar-refractivity contribution in [2.75, 3.05) is 5.32 Å². The van der Waals surface area contributed by atoms with E-state index in [1.807, 2.05) is 12.1 Å². The standard InChI is InChI=1S/C17H16N4O2S/c1-9(17(22)23)19-15-13-11-5-2-6-12(11)24-16(13)21-14(20-15)10-4-3-7-18-8-10/h3-4,7-9H,2,5-6H2,1H3,(H,22,23)(H,19,20,21)/t9-/m0/s1. The minimum Gasteiger partial charge on any atom is -0.480 e. The number of rotatable bonds is 4. The summed E-state index contributed by atoms with van der Waals surface area (Å²) < 4.78 is 0. The van der Waals surface area contributed by atoms with Crippen molar-refractivity contribution < 1.29 is 9.90 Å². The fraction of sp³-hybridized carbons (Fsp3) is 0.294. The summed E-state index contributed by atoms with van der Waals surface area (Å²) in [6.45, 7) is 1.62. The zero-order valence-corrected chi connectivity index (χ0v) is 13.9. The van der Waals surface area contributed by atoms with E-state index in [1.165, 1.54) is 10.4 Å². The smallest absolute Gasteiger partial charge is 0.325 e. The van der Waals surface area contributed by atoms with Gasteiger partial charge in [0.15, 0.2) is 5.82 Å². The number of carboxylic acid groups (broad SMARTS) is 1. The van der Waals surface area contributed by atoms with E-state index in [1.54, 1.807) is 30.7 Å². The average molecular weight is 340 g/mol. The number of anilines is 1. The molecular formula is C17H16N4O2S. The number of aromatic nitrogens is 3. The summed E-state index contributed by atoms with van der Waals surface area (Å²) >= 11 is 1.69. The number of aliphatic carboxylic acids is 1. The predicted molar refractivity (Wildman–Crippen MR) is 93.4 cm³/mol. The Bertz CT molecular complexity index is 923. The van der Waals surface area contributed by atoms with Crippen molar-refractivity contribution in [1.82, 2.24) is 15.0 Å². The Morgan fingerprint density at radius 1 is 1.38 bits per heavy atom. The second-order valence-corrected chi connectivity index (χ2v) is 6.96. The highest BCUT2D eigenvalue weighted by molar-refractivity contribution is 7.19. The maximum Gasteiger partial charge on any atom is 0.325 e. The van der Waals surface area contributed by atoms with Crippen LogP contribution in [0.25, 0.3) is 21.6 Å². The molecule has 1 aliphatic carbocycles. The van der Waals surface area contributed by atoms with Crippen LogP contribution in [0.15, 0.2) is 24.5 Å². The lowest BCUT2D eigenvalue weighted by Gasteiger charge is -2.13. The summed E-state index contributed by atoms with van der Waals surface area (Å²) in [5, 5.41) is 13.3. The van der Waals surface area contributed by atoms with Crippen LogP contribution in [0.1, 0.15) is 23.8 Å². The number of nitrogens with zero attached hydrogens (tertiary/aromatic N) is 3. The molecule has 0 unspecified atom stereocenters. The third-order valence-electron chi connectivity index (χ3n) is 4.21. The van der Waals surface area contributed by atoms with E-state index < -0.39 is 12.0 Å². The van der Waals surface area contributed by atoms with E-state index in [0.717, 1.165) is 35.0 Å². The lowest BCUT2D eigenvalue weighted by atomic mass is 10.1. The van der Waals surface area contributed by atoms with E-state index in [2.05, 4.69) is 15.3 Å². The molecule has 2 N–H and O–H groups in total.